The van der Waals surface area contributed by atoms with Crippen LogP contribution in [-0.2, 0) is 0 Å². The summed E-state index contributed by atoms with van der Waals surface area (Å²) >= 11 is 0. The van der Waals surface area contributed by atoms with Gasteiger partial charge in [0.05, 0.1) is 38.3 Å². The van der Waals surface area contributed by atoms with E-state index in [1.165, 1.54) is 13.2 Å². The highest BCUT2D eigenvalue weighted by molar-refractivity contribution is 6.27. The summed E-state index contributed by atoms with van der Waals surface area (Å²) in [6.07, 6.45) is 1.54. The van der Waals surface area contributed by atoms with E-state index in [4.69, 9.17) is 4.74 Å². The molecule has 4 rings (SSSR count). The number of imide groups is 1. The maximum absolute atomic E-state index is 13.0. The Hall–Kier alpha value is -3.95. The van der Waals surface area contributed by atoms with Crippen molar-refractivity contribution in [2.75, 3.05) is 25.7 Å². The van der Waals surface area contributed by atoms with Crippen LogP contribution in [0.2, 0.25) is 0 Å². The second-order valence-corrected chi connectivity index (χ2v) is 7.19. The van der Waals surface area contributed by atoms with Crippen molar-refractivity contribution in [1.29, 1.82) is 0 Å². The molecule has 0 fully saturated rings. The van der Waals surface area contributed by atoms with Gasteiger partial charge < -0.3 is 20.1 Å². The molecule has 4 N–H and O–H groups in total. The zero-order valence-corrected chi connectivity index (χ0v) is 17.1. The van der Waals surface area contributed by atoms with Crippen molar-refractivity contribution in [2.45, 2.75) is 6.04 Å². The van der Waals surface area contributed by atoms with Gasteiger partial charge in [0.1, 0.15) is 0 Å². The van der Waals surface area contributed by atoms with E-state index in [-0.39, 0.29) is 5.75 Å². The minimum atomic E-state index is -1.01. The number of hydrazone groups is 1. The maximum Gasteiger partial charge on any atom is 0.261 e. The SMILES string of the molecule is COc1cc(/C=N/Nc2ccc3c4c(cccc24)C(=O)N(C(CO)CO)C3=O)ccc1O. The molecule has 0 atom stereocenters. The van der Waals surface area contributed by atoms with E-state index in [1.54, 1.807) is 48.7 Å². The van der Waals surface area contributed by atoms with E-state index in [0.717, 1.165) is 4.90 Å². The van der Waals surface area contributed by atoms with Crippen LogP contribution in [0.1, 0.15) is 26.3 Å². The Morgan fingerprint density at radius 2 is 1.78 bits per heavy atom. The molecular weight excluding hydrogens is 414 g/mol. The number of amides is 2. The van der Waals surface area contributed by atoms with Gasteiger partial charge >= 0.3 is 0 Å². The Kier molecular flexibility index (Phi) is 5.76. The van der Waals surface area contributed by atoms with Crippen LogP contribution in [0.4, 0.5) is 5.69 Å². The van der Waals surface area contributed by atoms with Gasteiger partial charge in [0, 0.05) is 21.9 Å². The molecule has 1 heterocycles. The number of aliphatic hydroxyl groups excluding tert-OH is 2. The quantitative estimate of drug-likeness (QED) is 0.253. The molecule has 1 aliphatic heterocycles. The number of aliphatic hydroxyl groups is 2. The lowest BCUT2D eigenvalue weighted by Gasteiger charge is -2.32. The van der Waals surface area contributed by atoms with Gasteiger partial charge in [-0.3, -0.25) is 19.9 Å². The van der Waals surface area contributed by atoms with Gasteiger partial charge in [-0.05, 0) is 42.0 Å². The van der Waals surface area contributed by atoms with Gasteiger partial charge in [-0.2, -0.15) is 5.10 Å². The topological polar surface area (TPSA) is 132 Å². The van der Waals surface area contributed by atoms with Gasteiger partial charge in [-0.15, -0.1) is 0 Å². The van der Waals surface area contributed by atoms with Crippen LogP contribution >= 0.6 is 0 Å². The van der Waals surface area contributed by atoms with Crippen molar-refractivity contribution in [3.63, 3.8) is 0 Å². The molecule has 0 radical (unpaired) electrons. The Labute approximate surface area is 183 Å². The number of rotatable bonds is 7. The third-order valence-corrected chi connectivity index (χ3v) is 5.33. The molecule has 164 valence electrons. The van der Waals surface area contributed by atoms with E-state index < -0.39 is 31.1 Å². The highest BCUT2D eigenvalue weighted by atomic mass is 16.5. The zero-order valence-electron chi connectivity index (χ0n) is 17.1. The lowest BCUT2D eigenvalue weighted by Crippen LogP contribution is -2.50. The first-order valence-electron chi connectivity index (χ1n) is 9.81. The number of benzene rings is 3. The van der Waals surface area contributed by atoms with Crippen molar-refractivity contribution in [3.8, 4) is 11.5 Å². The highest BCUT2D eigenvalue weighted by Crippen LogP contribution is 2.35. The van der Waals surface area contributed by atoms with Crippen LogP contribution < -0.4 is 10.2 Å². The van der Waals surface area contributed by atoms with Crippen LogP contribution in [0.5, 0.6) is 11.5 Å². The fourth-order valence-corrected chi connectivity index (χ4v) is 3.72. The number of nitrogens with zero attached hydrogens (tertiary/aromatic N) is 2. The maximum atomic E-state index is 13.0. The van der Waals surface area contributed by atoms with Crippen LogP contribution in [0.3, 0.4) is 0 Å². The van der Waals surface area contributed by atoms with E-state index in [1.807, 2.05) is 0 Å². The summed E-state index contributed by atoms with van der Waals surface area (Å²) in [5.74, 6) is -0.800. The number of phenols is 1. The first-order valence-corrected chi connectivity index (χ1v) is 9.81. The number of nitrogens with one attached hydrogen (secondary N) is 1. The molecule has 2 amide bonds. The third kappa shape index (κ3) is 3.53. The average molecular weight is 435 g/mol. The molecule has 0 saturated carbocycles. The number of methoxy groups -OCH3 is 1. The minimum absolute atomic E-state index is 0.0224. The Morgan fingerprint density at radius 1 is 1.06 bits per heavy atom. The number of phenolic OH excluding ortho intramolecular Hbond substituents is 1. The molecular formula is C23H21N3O6. The number of hydrogen-bond donors (Lipinski definition) is 4. The predicted octanol–water partition coefficient (Wildman–Crippen LogP) is 1.95. The van der Waals surface area contributed by atoms with Gasteiger partial charge in [0.15, 0.2) is 11.5 Å². The number of ether oxygens (including phenoxy) is 1. The van der Waals surface area contributed by atoms with Crippen LogP contribution in [0, 0.1) is 0 Å². The van der Waals surface area contributed by atoms with Crippen molar-refractivity contribution in [3.05, 3.63) is 65.2 Å². The summed E-state index contributed by atoms with van der Waals surface area (Å²) in [6.45, 7) is -1.06. The molecule has 0 unspecified atom stereocenters. The van der Waals surface area contributed by atoms with Gasteiger partial charge in [-0.1, -0.05) is 12.1 Å². The van der Waals surface area contributed by atoms with Crippen molar-refractivity contribution in [1.82, 2.24) is 4.90 Å². The van der Waals surface area contributed by atoms with E-state index in [0.29, 0.717) is 38.9 Å². The summed E-state index contributed by atoms with van der Waals surface area (Å²) in [4.78, 5) is 26.8. The lowest BCUT2D eigenvalue weighted by molar-refractivity contribution is 0.0375. The van der Waals surface area contributed by atoms with Gasteiger partial charge in [0.25, 0.3) is 11.8 Å². The monoisotopic (exact) mass is 435 g/mol. The van der Waals surface area contributed by atoms with E-state index >= 15 is 0 Å². The molecule has 3 aromatic rings. The molecule has 0 aromatic heterocycles. The normalized spacial score (nSPS) is 13.4. The van der Waals surface area contributed by atoms with E-state index in [9.17, 15) is 24.9 Å². The predicted molar refractivity (Wildman–Crippen MR) is 118 cm³/mol. The Bertz CT molecular complexity index is 1210. The number of carbonyl (C=O) groups excluding carboxylic acids is 2. The summed E-state index contributed by atoms with van der Waals surface area (Å²) in [6, 6.07) is 12.1. The molecule has 3 aromatic carbocycles. The molecule has 0 saturated heterocycles. The van der Waals surface area contributed by atoms with Gasteiger partial charge in [0.2, 0.25) is 0 Å². The van der Waals surface area contributed by atoms with Crippen molar-refractivity contribution >= 4 is 34.5 Å². The zero-order chi connectivity index (χ0) is 22.8. The van der Waals surface area contributed by atoms with Crippen molar-refractivity contribution < 1.29 is 29.6 Å². The number of hydrogen-bond acceptors (Lipinski definition) is 8. The molecule has 0 spiro atoms. The first kappa shape index (κ1) is 21.3. The standard InChI is InChI=1S/C23H21N3O6/c1-32-20-9-13(5-8-19(20)29)10-24-25-18-7-6-17-21-15(18)3-2-4-16(21)22(30)26(23(17)31)14(11-27)12-28/h2-10,14,25,27-29H,11-12H2,1H3/b24-10+. The number of anilines is 1. The fraction of sp³-hybridized carbons (Fsp3) is 0.174. The number of carbonyl (C=O) groups is 2. The average Bonchev–Trinajstić information content (AvgIpc) is 2.81. The fourth-order valence-electron chi connectivity index (χ4n) is 3.72. The van der Waals surface area contributed by atoms with Crippen LogP contribution in [0.25, 0.3) is 10.8 Å². The van der Waals surface area contributed by atoms with Crippen LogP contribution in [-0.4, -0.2) is 64.6 Å². The molecule has 0 aliphatic carbocycles. The molecule has 9 heteroatoms. The van der Waals surface area contributed by atoms with Gasteiger partial charge in [-0.25, -0.2) is 0 Å². The minimum Gasteiger partial charge on any atom is -0.504 e. The second-order valence-electron chi connectivity index (χ2n) is 7.19. The molecule has 1 aliphatic rings. The highest BCUT2D eigenvalue weighted by Gasteiger charge is 2.37. The lowest BCUT2D eigenvalue weighted by atomic mass is 9.92. The summed E-state index contributed by atoms with van der Waals surface area (Å²) in [5.41, 5.74) is 4.81. The Morgan fingerprint density at radius 3 is 2.47 bits per heavy atom. The van der Waals surface area contributed by atoms with Crippen molar-refractivity contribution in [2.24, 2.45) is 5.10 Å². The molecule has 9 nitrogen and oxygen atoms in total. The summed E-state index contributed by atoms with van der Waals surface area (Å²) in [5, 5.41) is 34.0. The van der Waals surface area contributed by atoms with Crippen LogP contribution in [0.15, 0.2) is 53.6 Å². The molecule has 0 bridgehead atoms. The first-order chi connectivity index (χ1) is 15.5. The Balaban J connectivity index is 1.70. The third-order valence-electron chi connectivity index (χ3n) is 5.33. The molecule has 32 heavy (non-hydrogen) atoms. The smallest absolute Gasteiger partial charge is 0.261 e. The number of aromatic hydroxyl groups is 1. The summed E-state index contributed by atoms with van der Waals surface area (Å²) < 4.78 is 5.08. The largest absolute Gasteiger partial charge is 0.504 e. The second kappa shape index (κ2) is 8.66. The van der Waals surface area contributed by atoms with E-state index in [2.05, 4.69) is 10.5 Å². The summed E-state index contributed by atoms with van der Waals surface area (Å²) in [7, 11) is 1.45.